The molecule has 0 unspecified atom stereocenters. The van der Waals surface area contributed by atoms with Gasteiger partial charge < -0.3 is 14.5 Å². The number of likely N-dealkylation sites (tertiary alicyclic amines) is 1. The van der Waals surface area contributed by atoms with E-state index in [4.69, 9.17) is 4.74 Å². The fraction of sp³-hybridized carbons (Fsp3) is 0.500. The van der Waals surface area contributed by atoms with Crippen LogP contribution in [0.1, 0.15) is 49.9 Å². The van der Waals surface area contributed by atoms with E-state index in [-0.39, 0.29) is 18.0 Å². The van der Waals surface area contributed by atoms with Crippen LogP contribution in [0.5, 0.6) is 0 Å². The zero-order chi connectivity index (χ0) is 19.7. The van der Waals surface area contributed by atoms with E-state index in [1.165, 1.54) is 0 Å². The summed E-state index contributed by atoms with van der Waals surface area (Å²) in [4.78, 5) is 33.6. The molecule has 1 aromatic carbocycles. The Balaban J connectivity index is 1.46. The van der Waals surface area contributed by atoms with Gasteiger partial charge in [0.2, 0.25) is 0 Å². The van der Waals surface area contributed by atoms with Crippen LogP contribution in [0.15, 0.2) is 36.5 Å². The molecule has 2 fully saturated rings. The average Bonchev–Trinajstić information content (AvgIpc) is 3.03. The topological polar surface area (TPSA) is 62.7 Å². The van der Waals surface area contributed by atoms with Gasteiger partial charge in [0.1, 0.15) is 5.60 Å². The van der Waals surface area contributed by atoms with Gasteiger partial charge in [-0.15, -0.1) is 0 Å². The maximum atomic E-state index is 13.1. The predicted octanol–water partition coefficient (Wildman–Crippen LogP) is 3.85. The zero-order valence-corrected chi connectivity index (χ0v) is 16.6. The Morgan fingerprint density at radius 1 is 1.25 bits per heavy atom. The first kappa shape index (κ1) is 18.7. The third kappa shape index (κ3) is 3.32. The Hall–Kier alpha value is -2.63. The molecule has 2 aliphatic rings. The summed E-state index contributed by atoms with van der Waals surface area (Å²) >= 11 is 0. The quantitative estimate of drug-likeness (QED) is 0.807. The normalized spacial score (nSPS) is 19.9. The minimum absolute atomic E-state index is 0.0222. The monoisotopic (exact) mass is 381 g/mol. The number of nitrogens with zero attached hydrogens (tertiary/aromatic N) is 3. The largest absolute Gasteiger partial charge is 0.441 e. The Morgan fingerprint density at radius 3 is 2.79 bits per heavy atom. The molecule has 1 spiro atoms. The third-order valence-electron chi connectivity index (χ3n) is 6.07. The van der Waals surface area contributed by atoms with E-state index in [0.29, 0.717) is 38.0 Å². The number of ether oxygens (including phenoxy) is 1. The van der Waals surface area contributed by atoms with Gasteiger partial charge in [-0.1, -0.05) is 25.5 Å². The molecular weight excluding hydrogens is 354 g/mol. The van der Waals surface area contributed by atoms with Crippen molar-refractivity contribution < 1.29 is 14.3 Å². The summed E-state index contributed by atoms with van der Waals surface area (Å²) in [6.45, 7) is 6.03. The number of carbonyl (C=O) groups is 2. The minimum atomic E-state index is -0.448. The number of rotatable bonds is 4. The van der Waals surface area contributed by atoms with Crippen LogP contribution < -0.4 is 0 Å². The highest BCUT2D eigenvalue weighted by molar-refractivity contribution is 6.06. The highest BCUT2D eigenvalue weighted by atomic mass is 16.6. The lowest BCUT2D eigenvalue weighted by molar-refractivity contribution is 0.00312. The molecule has 2 amide bonds. The first-order valence-electron chi connectivity index (χ1n) is 10.2. The van der Waals surface area contributed by atoms with E-state index in [0.717, 1.165) is 23.7 Å². The number of benzene rings is 1. The van der Waals surface area contributed by atoms with Crippen molar-refractivity contribution in [3.8, 4) is 0 Å². The number of hydrogen-bond donors (Lipinski definition) is 0. The lowest BCUT2D eigenvalue weighted by Crippen LogP contribution is -2.49. The first-order valence-corrected chi connectivity index (χ1v) is 10.2. The summed E-state index contributed by atoms with van der Waals surface area (Å²) in [6.07, 6.45) is 4.92. The summed E-state index contributed by atoms with van der Waals surface area (Å²) < 4.78 is 5.81. The number of hydrogen-bond acceptors (Lipinski definition) is 4. The van der Waals surface area contributed by atoms with Crippen molar-refractivity contribution in [2.45, 2.75) is 51.2 Å². The van der Waals surface area contributed by atoms with Crippen LogP contribution in [0.3, 0.4) is 0 Å². The standard InChI is InChI=1S/C22H27N3O3/c1-3-6-16(2)25-15-22(28-21(25)27)10-13-24(14-11-22)20(26)18-7-4-9-19-17(18)8-5-12-23-19/h4-5,7-9,12,16H,3,6,10-11,13-15H2,1-2H3/t16-/m1/s1. The van der Waals surface area contributed by atoms with E-state index >= 15 is 0 Å². The molecule has 6 heteroatoms. The number of fused-ring (bicyclic) bond motifs is 1. The van der Waals surface area contributed by atoms with Gasteiger partial charge in [-0.2, -0.15) is 0 Å². The third-order valence-corrected chi connectivity index (χ3v) is 6.07. The number of carbonyl (C=O) groups excluding carboxylic acids is 2. The molecule has 0 radical (unpaired) electrons. The predicted molar refractivity (Wildman–Crippen MR) is 107 cm³/mol. The van der Waals surface area contributed by atoms with Crippen LogP contribution in [0.4, 0.5) is 4.79 Å². The second kappa shape index (κ2) is 7.41. The van der Waals surface area contributed by atoms with E-state index in [2.05, 4.69) is 18.8 Å². The highest BCUT2D eigenvalue weighted by Gasteiger charge is 2.48. The summed E-state index contributed by atoms with van der Waals surface area (Å²) in [5.74, 6) is 0.0222. The molecule has 0 bridgehead atoms. The fourth-order valence-corrected chi connectivity index (χ4v) is 4.40. The van der Waals surface area contributed by atoms with Crippen LogP contribution in [0, 0.1) is 0 Å². The lowest BCUT2D eigenvalue weighted by Gasteiger charge is -2.37. The average molecular weight is 381 g/mol. The van der Waals surface area contributed by atoms with Crippen LogP contribution in [0.25, 0.3) is 10.9 Å². The molecule has 6 nitrogen and oxygen atoms in total. The van der Waals surface area contributed by atoms with Gasteiger partial charge in [-0.3, -0.25) is 9.78 Å². The summed E-state index contributed by atoms with van der Waals surface area (Å²) in [6, 6.07) is 9.64. The molecule has 148 valence electrons. The van der Waals surface area contributed by atoms with Gasteiger partial charge in [0.05, 0.1) is 12.1 Å². The lowest BCUT2D eigenvalue weighted by atomic mass is 9.90. The van der Waals surface area contributed by atoms with E-state index in [1.807, 2.05) is 40.1 Å². The molecule has 2 aromatic rings. The molecule has 2 saturated heterocycles. The molecule has 0 N–H and O–H groups in total. The molecule has 1 atom stereocenters. The molecule has 4 rings (SSSR count). The summed E-state index contributed by atoms with van der Waals surface area (Å²) in [7, 11) is 0. The maximum absolute atomic E-state index is 13.1. The Bertz CT molecular complexity index is 884. The number of amides is 2. The first-order chi connectivity index (χ1) is 13.5. The number of piperidine rings is 1. The second-order valence-electron chi connectivity index (χ2n) is 7.98. The van der Waals surface area contributed by atoms with Crippen molar-refractivity contribution in [2.75, 3.05) is 19.6 Å². The molecule has 28 heavy (non-hydrogen) atoms. The van der Waals surface area contributed by atoms with Gasteiger partial charge in [0, 0.05) is 49.1 Å². The van der Waals surface area contributed by atoms with Crippen molar-refractivity contribution in [3.63, 3.8) is 0 Å². The van der Waals surface area contributed by atoms with Gasteiger partial charge in [-0.05, 0) is 31.5 Å². The van der Waals surface area contributed by atoms with Crippen molar-refractivity contribution in [1.82, 2.24) is 14.8 Å². The molecule has 2 aliphatic heterocycles. The summed E-state index contributed by atoms with van der Waals surface area (Å²) in [5.41, 5.74) is 1.06. The van der Waals surface area contributed by atoms with Gasteiger partial charge >= 0.3 is 6.09 Å². The fourth-order valence-electron chi connectivity index (χ4n) is 4.40. The van der Waals surface area contributed by atoms with Crippen molar-refractivity contribution in [2.24, 2.45) is 0 Å². The van der Waals surface area contributed by atoms with Crippen LogP contribution >= 0.6 is 0 Å². The molecule has 1 aromatic heterocycles. The van der Waals surface area contributed by atoms with Crippen molar-refractivity contribution in [1.29, 1.82) is 0 Å². The van der Waals surface area contributed by atoms with E-state index in [9.17, 15) is 9.59 Å². The van der Waals surface area contributed by atoms with E-state index in [1.54, 1.807) is 6.20 Å². The SMILES string of the molecule is CCC[C@@H](C)N1CC2(CCN(C(=O)c3cccc4ncccc34)CC2)OC1=O. The highest BCUT2D eigenvalue weighted by Crippen LogP contribution is 2.35. The van der Waals surface area contributed by atoms with Crippen LogP contribution in [-0.2, 0) is 4.74 Å². The molecule has 3 heterocycles. The van der Waals surface area contributed by atoms with Crippen LogP contribution in [0.2, 0.25) is 0 Å². The summed E-state index contributed by atoms with van der Waals surface area (Å²) in [5, 5.41) is 0.877. The van der Waals surface area contributed by atoms with Crippen LogP contribution in [-0.4, -0.2) is 58.1 Å². The maximum Gasteiger partial charge on any atom is 0.410 e. The van der Waals surface area contributed by atoms with Gasteiger partial charge in [-0.25, -0.2) is 4.79 Å². The van der Waals surface area contributed by atoms with Crippen molar-refractivity contribution in [3.05, 3.63) is 42.1 Å². The Kier molecular flexibility index (Phi) is 4.96. The van der Waals surface area contributed by atoms with E-state index < -0.39 is 5.60 Å². The molecule has 0 saturated carbocycles. The minimum Gasteiger partial charge on any atom is -0.441 e. The Labute approximate surface area is 165 Å². The molecular formula is C22H27N3O3. The number of aromatic nitrogens is 1. The van der Waals surface area contributed by atoms with Crippen molar-refractivity contribution >= 4 is 22.9 Å². The smallest absolute Gasteiger partial charge is 0.410 e. The van der Waals surface area contributed by atoms with Gasteiger partial charge in [0.25, 0.3) is 5.91 Å². The zero-order valence-electron chi connectivity index (χ0n) is 16.6. The molecule has 0 aliphatic carbocycles. The van der Waals surface area contributed by atoms with Gasteiger partial charge in [0.15, 0.2) is 0 Å². The number of pyridine rings is 1. The Morgan fingerprint density at radius 2 is 2.04 bits per heavy atom. The second-order valence-corrected chi connectivity index (χ2v) is 7.98.